The van der Waals surface area contributed by atoms with Crippen LogP contribution in [0.1, 0.15) is 40.0 Å². The number of nitrogens with one attached hydrogen (secondary N) is 1. The minimum absolute atomic E-state index is 0.631. The predicted octanol–water partition coefficient (Wildman–Crippen LogP) is 1.88. The minimum atomic E-state index is 0.631. The van der Waals surface area contributed by atoms with Crippen molar-refractivity contribution < 1.29 is 4.74 Å². The fourth-order valence-electron chi connectivity index (χ4n) is 2.48. The fourth-order valence-corrected chi connectivity index (χ4v) is 2.48. The van der Waals surface area contributed by atoms with Crippen LogP contribution in [0.2, 0.25) is 0 Å². The maximum absolute atomic E-state index is 5.54. The first-order valence-corrected chi connectivity index (χ1v) is 6.86. The topological polar surface area (TPSA) is 24.5 Å². The van der Waals surface area contributed by atoms with Crippen LogP contribution in [0.25, 0.3) is 0 Å². The highest BCUT2D eigenvalue weighted by Crippen LogP contribution is 2.12. The molecule has 96 valence electrons. The van der Waals surface area contributed by atoms with E-state index in [4.69, 9.17) is 4.74 Å². The van der Waals surface area contributed by atoms with E-state index >= 15 is 0 Å². The van der Waals surface area contributed by atoms with Gasteiger partial charge in [0.05, 0.1) is 13.2 Å². The van der Waals surface area contributed by atoms with E-state index in [1.165, 1.54) is 25.8 Å². The Balaban J connectivity index is 2.40. The Bertz CT molecular complexity index is 169. The van der Waals surface area contributed by atoms with Gasteiger partial charge in [-0.05, 0) is 19.4 Å². The second-order valence-corrected chi connectivity index (χ2v) is 4.68. The third-order valence-electron chi connectivity index (χ3n) is 3.41. The molecule has 3 heteroatoms. The summed E-state index contributed by atoms with van der Waals surface area (Å²) < 4.78 is 5.54. The standard InChI is InChI=1S/C13H28N2O/c1-4-7-12(14-6-3)10-15-8-9-16-11-13(15)5-2/h12-14H,4-11H2,1-3H3. The molecule has 1 N–H and O–H groups in total. The van der Waals surface area contributed by atoms with Crippen molar-refractivity contribution in [2.24, 2.45) is 0 Å². The molecule has 0 spiro atoms. The van der Waals surface area contributed by atoms with Gasteiger partial charge in [0.1, 0.15) is 0 Å². The molecule has 0 aromatic rings. The van der Waals surface area contributed by atoms with Gasteiger partial charge in [0.15, 0.2) is 0 Å². The smallest absolute Gasteiger partial charge is 0.0622 e. The molecule has 0 aliphatic carbocycles. The van der Waals surface area contributed by atoms with Gasteiger partial charge in [0, 0.05) is 25.2 Å². The second kappa shape index (κ2) is 8.04. The number of hydrogen-bond donors (Lipinski definition) is 1. The average molecular weight is 228 g/mol. The van der Waals surface area contributed by atoms with Crippen LogP contribution in [0.15, 0.2) is 0 Å². The van der Waals surface area contributed by atoms with Gasteiger partial charge in [-0.15, -0.1) is 0 Å². The van der Waals surface area contributed by atoms with Gasteiger partial charge < -0.3 is 10.1 Å². The molecular weight excluding hydrogens is 200 g/mol. The summed E-state index contributed by atoms with van der Waals surface area (Å²) in [6, 6.07) is 1.29. The number of likely N-dealkylation sites (N-methyl/N-ethyl adjacent to an activating group) is 1. The number of hydrogen-bond acceptors (Lipinski definition) is 3. The minimum Gasteiger partial charge on any atom is -0.378 e. The van der Waals surface area contributed by atoms with Gasteiger partial charge in [-0.3, -0.25) is 4.90 Å². The molecule has 0 bridgehead atoms. The molecular formula is C13H28N2O. The average Bonchev–Trinajstić information content (AvgIpc) is 2.30. The lowest BCUT2D eigenvalue weighted by atomic mass is 10.1. The van der Waals surface area contributed by atoms with E-state index in [-0.39, 0.29) is 0 Å². The maximum Gasteiger partial charge on any atom is 0.0622 e. The summed E-state index contributed by atoms with van der Waals surface area (Å²) in [7, 11) is 0. The highest BCUT2D eigenvalue weighted by atomic mass is 16.5. The van der Waals surface area contributed by atoms with Gasteiger partial charge in [0.25, 0.3) is 0 Å². The predicted molar refractivity (Wildman–Crippen MR) is 68.8 cm³/mol. The van der Waals surface area contributed by atoms with Crippen molar-refractivity contribution >= 4 is 0 Å². The van der Waals surface area contributed by atoms with Crippen LogP contribution >= 0.6 is 0 Å². The lowest BCUT2D eigenvalue weighted by molar-refractivity contribution is -0.0128. The van der Waals surface area contributed by atoms with Crippen LogP contribution in [0.4, 0.5) is 0 Å². The molecule has 1 saturated heterocycles. The molecule has 2 atom stereocenters. The Labute approximate surface area is 101 Å². The zero-order valence-corrected chi connectivity index (χ0v) is 11.2. The molecule has 0 aromatic heterocycles. The van der Waals surface area contributed by atoms with Crippen LogP contribution in [0.3, 0.4) is 0 Å². The first-order valence-electron chi connectivity index (χ1n) is 6.86. The molecule has 1 rings (SSSR count). The summed E-state index contributed by atoms with van der Waals surface area (Å²) >= 11 is 0. The third-order valence-corrected chi connectivity index (χ3v) is 3.41. The van der Waals surface area contributed by atoms with Crippen molar-refractivity contribution in [3.8, 4) is 0 Å². The second-order valence-electron chi connectivity index (χ2n) is 4.68. The molecule has 0 amide bonds. The van der Waals surface area contributed by atoms with Crippen molar-refractivity contribution in [1.82, 2.24) is 10.2 Å². The first kappa shape index (κ1) is 13.9. The van der Waals surface area contributed by atoms with E-state index in [1.54, 1.807) is 0 Å². The first-order chi connectivity index (χ1) is 7.81. The largest absolute Gasteiger partial charge is 0.378 e. The van der Waals surface area contributed by atoms with E-state index < -0.39 is 0 Å². The number of morpholine rings is 1. The monoisotopic (exact) mass is 228 g/mol. The van der Waals surface area contributed by atoms with Gasteiger partial charge in [-0.1, -0.05) is 27.2 Å². The van der Waals surface area contributed by atoms with E-state index in [9.17, 15) is 0 Å². The third kappa shape index (κ3) is 4.40. The lowest BCUT2D eigenvalue weighted by Crippen LogP contribution is -2.50. The van der Waals surface area contributed by atoms with E-state index in [0.29, 0.717) is 12.1 Å². The highest BCUT2D eigenvalue weighted by Gasteiger charge is 2.23. The Hall–Kier alpha value is -0.120. The number of rotatable bonds is 7. The zero-order valence-electron chi connectivity index (χ0n) is 11.2. The number of nitrogens with zero attached hydrogens (tertiary/aromatic N) is 1. The quantitative estimate of drug-likeness (QED) is 0.720. The van der Waals surface area contributed by atoms with Gasteiger partial charge in [-0.2, -0.15) is 0 Å². The summed E-state index contributed by atoms with van der Waals surface area (Å²) in [6.07, 6.45) is 3.74. The Morgan fingerprint density at radius 2 is 2.19 bits per heavy atom. The Morgan fingerprint density at radius 3 is 2.81 bits per heavy atom. The molecule has 1 aliphatic rings. The molecule has 0 saturated carbocycles. The molecule has 2 unspecified atom stereocenters. The maximum atomic E-state index is 5.54. The summed E-state index contributed by atoms with van der Waals surface area (Å²) in [5.74, 6) is 0. The van der Waals surface area contributed by atoms with Gasteiger partial charge in [-0.25, -0.2) is 0 Å². The molecule has 16 heavy (non-hydrogen) atoms. The SMILES string of the molecule is CCCC(CN1CCOCC1CC)NCC. The molecule has 3 nitrogen and oxygen atoms in total. The summed E-state index contributed by atoms with van der Waals surface area (Å²) in [4.78, 5) is 2.60. The molecule has 1 heterocycles. The highest BCUT2D eigenvalue weighted by molar-refractivity contribution is 4.79. The van der Waals surface area contributed by atoms with E-state index in [2.05, 4.69) is 31.0 Å². The van der Waals surface area contributed by atoms with Crippen LogP contribution in [-0.4, -0.2) is 49.8 Å². The summed E-state index contributed by atoms with van der Waals surface area (Å²) in [5, 5.41) is 3.59. The van der Waals surface area contributed by atoms with Crippen LogP contribution in [0, 0.1) is 0 Å². The molecule has 0 radical (unpaired) electrons. The molecule has 1 fully saturated rings. The van der Waals surface area contributed by atoms with Gasteiger partial charge in [0.2, 0.25) is 0 Å². The van der Waals surface area contributed by atoms with Crippen molar-refractivity contribution in [3.63, 3.8) is 0 Å². The molecule has 0 aromatic carbocycles. The Kier molecular flexibility index (Phi) is 7.01. The Morgan fingerprint density at radius 1 is 1.38 bits per heavy atom. The van der Waals surface area contributed by atoms with Crippen molar-refractivity contribution in [2.45, 2.75) is 52.1 Å². The molecule has 1 aliphatic heterocycles. The van der Waals surface area contributed by atoms with Crippen molar-refractivity contribution in [1.29, 1.82) is 0 Å². The van der Waals surface area contributed by atoms with Crippen molar-refractivity contribution in [2.75, 3.05) is 32.8 Å². The van der Waals surface area contributed by atoms with Gasteiger partial charge >= 0.3 is 0 Å². The van der Waals surface area contributed by atoms with Crippen molar-refractivity contribution in [3.05, 3.63) is 0 Å². The lowest BCUT2D eigenvalue weighted by Gasteiger charge is -2.37. The summed E-state index contributed by atoms with van der Waals surface area (Å²) in [6.45, 7) is 11.9. The summed E-state index contributed by atoms with van der Waals surface area (Å²) in [5.41, 5.74) is 0. The fraction of sp³-hybridized carbons (Fsp3) is 1.00. The zero-order chi connectivity index (χ0) is 11.8. The van der Waals surface area contributed by atoms with E-state index in [0.717, 1.165) is 26.3 Å². The van der Waals surface area contributed by atoms with Crippen LogP contribution in [0.5, 0.6) is 0 Å². The number of ether oxygens (including phenoxy) is 1. The van der Waals surface area contributed by atoms with Crippen LogP contribution < -0.4 is 5.32 Å². The normalized spacial score (nSPS) is 24.6. The van der Waals surface area contributed by atoms with Crippen LogP contribution in [-0.2, 0) is 4.74 Å². The van der Waals surface area contributed by atoms with E-state index in [1.807, 2.05) is 0 Å².